The van der Waals surface area contributed by atoms with Gasteiger partial charge in [-0.15, -0.1) is 0 Å². The number of esters is 2. The Balaban J connectivity index is 1.31. The van der Waals surface area contributed by atoms with E-state index in [-0.39, 0.29) is 18.6 Å². The summed E-state index contributed by atoms with van der Waals surface area (Å²) in [6.45, 7) is -0.0863. The van der Waals surface area contributed by atoms with E-state index < -0.39 is 24.1 Å². The number of rotatable bonds is 10. The van der Waals surface area contributed by atoms with Crippen molar-refractivity contribution in [2.24, 2.45) is 11.8 Å². The number of carbonyl (C=O) groups excluding carboxylic acids is 3. The zero-order chi connectivity index (χ0) is 29.3. The van der Waals surface area contributed by atoms with Crippen molar-refractivity contribution in [3.05, 3.63) is 51.6 Å². The minimum Gasteiger partial charge on any atom is -0.467 e. The molecule has 2 heterocycles. The van der Waals surface area contributed by atoms with Gasteiger partial charge in [0.15, 0.2) is 12.2 Å². The maximum Gasteiger partial charge on any atom is 0.338 e. The first-order valence-electron chi connectivity index (χ1n) is 13.4. The van der Waals surface area contributed by atoms with Gasteiger partial charge in [0, 0.05) is 22.7 Å². The SMILES string of the molecule is COC(=O)[C@@H](O)[C@H](O)C(=O)OCCCc1cc(-c2ccc(Cl)cc2)oc1/C=C1\SC(=S)N(C2CC3CCC2C3)C1=O. The summed E-state index contributed by atoms with van der Waals surface area (Å²) in [7, 11) is 1.03. The van der Waals surface area contributed by atoms with E-state index in [1.807, 2.05) is 18.2 Å². The molecular weight excluding hydrogens is 590 g/mol. The lowest BCUT2D eigenvalue weighted by Gasteiger charge is -2.30. The molecule has 5 rings (SSSR count). The van der Waals surface area contributed by atoms with E-state index in [9.17, 15) is 24.6 Å². The van der Waals surface area contributed by atoms with Crippen molar-refractivity contribution in [1.29, 1.82) is 0 Å². The Kier molecular flexibility index (Phi) is 9.20. The monoisotopic (exact) mass is 619 g/mol. The molecule has 41 heavy (non-hydrogen) atoms. The summed E-state index contributed by atoms with van der Waals surface area (Å²) in [6, 6.07) is 9.21. The molecule has 1 aromatic carbocycles. The standard InChI is InChI=1S/C29H30ClNO8S2/c1-37-27(35)24(32)25(33)28(36)38-10-2-3-18-13-21(16-6-8-19(30)9-7-16)39-22(18)14-23-26(34)31(29(40)41-23)20-12-15-4-5-17(20)11-15/h6-9,13-15,17,20,24-25,32-33H,2-5,10-12H2,1H3/b23-14-/t15?,17?,20?,24-,25-/m0/s1. The van der Waals surface area contributed by atoms with Crippen molar-refractivity contribution in [2.75, 3.05) is 13.7 Å². The molecule has 218 valence electrons. The van der Waals surface area contributed by atoms with Crippen LogP contribution in [0.1, 0.15) is 43.4 Å². The average molecular weight is 620 g/mol. The number of thiocarbonyl (C=S) groups is 1. The van der Waals surface area contributed by atoms with Gasteiger partial charge in [0.1, 0.15) is 15.8 Å². The predicted molar refractivity (Wildman–Crippen MR) is 157 cm³/mol. The van der Waals surface area contributed by atoms with E-state index in [1.165, 1.54) is 18.2 Å². The van der Waals surface area contributed by atoms with E-state index in [0.717, 1.165) is 37.5 Å². The fourth-order valence-electron chi connectivity index (χ4n) is 5.83. The number of aliphatic hydroxyl groups excluding tert-OH is 2. The number of amides is 1. The van der Waals surface area contributed by atoms with Crippen molar-refractivity contribution >= 4 is 63.8 Å². The number of ether oxygens (including phenoxy) is 2. The quantitative estimate of drug-likeness (QED) is 0.171. The number of furan rings is 1. The molecule has 9 nitrogen and oxygen atoms in total. The fraction of sp³-hybridized carbons (Fsp3) is 0.448. The van der Waals surface area contributed by atoms with E-state index in [0.29, 0.717) is 50.4 Å². The second kappa shape index (κ2) is 12.7. The Morgan fingerprint density at radius 3 is 2.59 bits per heavy atom. The molecule has 3 aliphatic rings. The fourth-order valence-corrected chi connectivity index (χ4v) is 7.30. The Bertz CT molecular complexity index is 1370. The van der Waals surface area contributed by atoms with Crippen LogP contribution in [0.2, 0.25) is 5.02 Å². The molecule has 2 bridgehead atoms. The van der Waals surface area contributed by atoms with Crippen LogP contribution in [0, 0.1) is 11.8 Å². The molecule has 3 unspecified atom stereocenters. The summed E-state index contributed by atoms with van der Waals surface area (Å²) >= 11 is 13.0. The lowest BCUT2D eigenvalue weighted by atomic mass is 9.94. The molecule has 0 radical (unpaired) electrons. The van der Waals surface area contributed by atoms with Crippen LogP contribution in [0.4, 0.5) is 0 Å². The molecule has 2 saturated carbocycles. The Morgan fingerprint density at radius 1 is 1.20 bits per heavy atom. The number of halogens is 1. The Hall–Kier alpha value is -2.70. The zero-order valence-electron chi connectivity index (χ0n) is 22.3. The van der Waals surface area contributed by atoms with E-state index in [2.05, 4.69) is 4.74 Å². The lowest BCUT2D eigenvalue weighted by molar-refractivity contribution is -0.171. The van der Waals surface area contributed by atoms with Gasteiger partial charge in [-0.2, -0.15) is 0 Å². The summed E-state index contributed by atoms with van der Waals surface area (Å²) in [5, 5.41) is 20.1. The van der Waals surface area contributed by atoms with Crippen LogP contribution in [0.3, 0.4) is 0 Å². The van der Waals surface area contributed by atoms with Gasteiger partial charge in [-0.1, -0.05) is 42.0 Å². The zero-order valence-corrected chi connectivity index (χ0v) is 24.7. The second-order valence-corrected chi connectivity index (χ2v) is 12.6. The molecule has 1 aliphatic heterocycles. The number of benzene rings is 1. The average Bonchev–Trinajstić information content (AvgIpc) is 3.75. The number of hydrogen-bond acceptors (Lipinski definition) is 10. The minimum atomic E-state index is -2.06. The smallest absolute Gasteiger partial charge is 0.338 e. The number of hydrogen-bond donors (Lipinski definition) is 2. The second-order valence-electron chi connectivity index (χ2n) is 10.5. The molecule has 12 heteroatoms. The van der Waals surface area contributed by atoms with Gasteiger partial charge < -0.3 is 24.1 Å². The third kappa shape index (κ3) is 6.39. The van der Waals surface area contributed by atoms with Gasteiger partial charge >= 0.3 is 11.9 Å². The highest BCUT2D eigenvalue weighted by atomic mass is 35.5. The maximum atomic E-state index is 13.5. The van der Waals surface area contributed by atoms with Gasteiger partial charge in [0.25, 0.3) is 5.91 Å². The van der Waals surface area contributed by atoms with Gasteiger partial charge in [-0.3, -0.25) is 9.69 Å². The first-order valence-corrected chi connectivity index (χ1v) is 15.0. The number of aliphatic hydroxyl groups is 2. The van der Waals surface area contributed by atoms with Crippen molar-refractivity contribution in [3.8, 4) is 11.3 Å². The van der Waals surface area contributed by atoms with Crippen LogP contribution >= 0.6 is 35.6 Å². The number of nitrogens with zero attached hydrogens (tertiary/aromatic N) is 1. The number of aryl methyl sites for hydroxylation is 1. The van der Waals surface area contributed by atoms with Crippen LogP contribution in [0.25, 0.3) is 17.4 Å². The first kappa shape index (κ1) is 29.8. The first-order chi connectivity index (χ1) is 19.7. The molecule has 0 spiro atoms. The molecular formula is C29H30ClNO8S2. The summed E-state index contributed by atoms with van der Waals surface area (Å²) in [5.74, 6) is -0.112. The Morgan fingerprint density at radius 2 is 1.93 bits per heavy atom. The molecule has 2 aromatic rings. The number of carbonyl (C=O) groups is 3. The molecule has 1 amide bonds. The Labute approximate surface area is 251 Å². The predicted octanol–water partition coefficient (Wildman–Crippen LogP) is 4.36. The van der Waals surface area contributed by atoms with Gasteiger partial charge in [0.2, 0.25) is 0 Å². The van der Waals surface area contributed by atoms with Gasteiger partial charge in [0.05, 0.1) is 18.6 Å². The lowest BCUT2D eigenvalue weighted by Crippen LogP contribution is -2.41. The van der Waals surface area contributed by atoms with E-state index >= 15 is 0 Å². The highest BCUT2D eigenvalue weighted by Crippen LogP contribution is 2.49. The van der Waals surface area contributed by atoms with Gasteiger partial charge in [-0.05, 0) is 79.8 Å². The van der Waals surface area contributed by atoms with Crippen LogP contribution in [0.5, 0.6) is 0 Å². The molecule has 1 aromatic heterocycles. The molecule has 2 N–H and O–H groups in total. The van der Waals surface area contributed by atoms with Crippen LogP contribution < -0.4 is 0 Å². The van der Waals surface area contributed by atoms with Gasteiger partial charge in [-0.25, -0.2) is 9.59 Å². The van der Waals surface area contributed by atoms with Crippen LogP contribution in [-0.2, 0) is 30.3 Å². The third-order valence-electron chi connectivity index (χ3n) is 7.91. The molecule has 1 saturated heterocycles. The largest absolute Gasteiger partial charge is 0.467 e. The summed E-state index contributed by atoms with van der Waals surface area (Å²) in [4.78, 5) is 39.2. The van der Waals surface area contributed by atoms with E-state index in [1.54, 1.807) is 23.1 Å². The highest BCUT2D eigenvalue weighted by molar-refractivity contribution is 8.26. The normalized spacial score (nSPS) is 24.2. The number of thioether (sulfide) groups is 1. The molecule has 3 fully saturated rings. The molecule has 5 atom stereocenters. The third-order valence-corrected chi connectivity index (χ3v) is 9.49. The highest BCUT2D eigenvalue weighted by Gasteiger charge is 2.48. The topological polar surface area (TPSA) is 127 Å². The van der Waals surface area contributed by atoms with Crippen molar-refractivity contribution in [3.63, 3.8) is 0 Å². The van der Waals surface area contributed by atoms with Crippen molar-refractivity contribution < 1.29 is 38.5 Å². The molecule has 2 aliphatic carbocycles. The number of fused-ring (bicyclic) bond motifs is 2. The number of methoxy groups -OCH3 is 1. The van der Waals surface area contributed by atoms with Crippen LogP contribution in [-0.4, -0.2) is 69.2 Å². The summed E-state index contributed by atoms with van der Waals surface area (Å²) in [5.41, 5.74) is 1.59. The van der Waals surface area contributed by atoms with E-state index in [4.69, 9.17) is 33.0 Å². The van der Waals surface area contributed by atoms with Crippen molar-refractivity contribution in [1.82, 2.24) is 4.90 Å². The minimum absolute atomic E-state index is 0.0863. The summed E-state index contributed by atoms with van der Waals surface area (Å²) in [6.07, 6.45) is 2.93. The summed E-state index contributed by atoms with van der Waals surface area (Å²) < 4.78 is 16.1. The van der Waals surface area contributed by atoms with Crippen LogP contribution in [0.15, 0.2) is 39.7 Å². The maximum absolute atomic E-state index is 13.5. The van der Waals surface area contributed by atoms with Crippen molar-refractivity contribution in [2.45, 2.75) is 56.8 Å².